The average Bonchev–Trinajstić information content (AvgIpc) is 2.41. The summed E-state index contributed by atoms with van der Waals surface area (Å²) in [4.78, 5) is 24.4. The lowest BCUT2D eigenvalue weighted by molar-refractivity contribution is 0.102. The largest absolute Gasteiger partial charge is 0.384 e. The lowest BCUT2D eigenvalue weighted by Crippen LogP contribution is -2.14. The van der Waals surface area contributed by atoms with Gasteiger partial charge in [0.15, 0.2) is 5.82 Å². The maximum absolute atomic E-state index is 12.1. The zero-order valence-corrected chi connectivity index (χ0v) is 12.5. The predicted octanol–water partition coefficient (Wildman–Crippen LogP) is 2.42. The molecule has 0 aliphatic carbocycles. The molecule has 2 rings (SSSR count). The van der Waals surface area contributed by atoms with Crippen LogP contribution < -0.4 is 11.1 Å². The van der Waals surface area contributed by atoms with Crippen LogP contribution in [0.25, 0.3) is 0 Å². The van der Waals surface area contributed by atoms with Gasteiger partial charge in [-0.3, -0.25) is 4.79 Å². The van der Waals surface area contributed by atoms with E-state index in [2.05, 4.69) is 36.2 Å². The number of nitrogen functional groups attached to an aromatic ring is 1. The van der Waals surface area contributed by atoms with Gasteiger partial charge in [0, 0.05) is 11.3 Å². The molecule has 2 heterocycles. The van der Waals surface area contributed by atoms with Gasteiger partial charge in [-0.05, 0) is 34.5 Å². The number of hydrogen-bond donors (Lipinski definition) is 2. The van der Waals surface area contributed by atoms with E-state index in [9.17, 15) is 4.79 Å². The Morgan fingerprint density at radius 3 is 2.80 bits per heavy atom. The molecule has 0 fully saturated rings. The van der Waals surface area contributed by atoms with E-state index in [-0.39, 0.29) is 5.91 Å². The van der Waals surface area contributed by atoms with E-state index in [1.54, 1.807) is 12.1 Å². The van der Waals surface area contributed by atoms with Crippen LogP contribution >= 0.6 is 15.9 Å². The molecule has 2 aromatic rings. The van der Waals surface area contributed by atoms with Crippen LogP contribution in [0.15, 0.2) is 29.1 Å². The number of hydrogen-bond acceptors (Lipinski definition) is 5. The number of amides is 1. The molecule has 2 aromatic heterocycles. The van der Waals surface area contributed by atoms with Gasteiger partial charge in [0.25, 0.3) is 5.91 Å². The van der Waals surface area contributed by atoms with E-state index in [1.807, 2.05) is 6.92 Å². The number of aryl methyl sites for hydroxylation is 1. The van der Waals surface area contributed by atoms with E-state index in [4.69, 9.17) is 5.73 Å². The summed E-state index contributed by atoms with van der Waals surface area (Å²) >= 11 is 3.18. The van der Waals surface area contributed by atoms with Gasteiger partial charge >= 0.3 is 0 Å². The van der Waals surface area contributed by atoms with E-state index < -0.39 is 0 Å². The molecule has 0 spiro atoms. The van der Waals surface area contributed by atoms with Gasteiger partial charge in [0.1, 0.15) is 10.4 Å². The summed E-state index contributed by atoms with van der Waals surface area (Å²) in [6.07, 6.45) is 4.71. The monoisotopic (exact) mass is 335 g/mol. The van der Waals surface area contributed by atoms with Crippen LogP contribution in [0.4, 0.5) is 11.6 Å². The van der Waals surface area contributed by atoms with Gasteiger partial charge in [-0.25, -0.2) is 15.0 Å². The first-order valence-electron chi connectivity index (χ1n) is 6.14. The second-order valence-electron chi connectivity index (χ2n) is 4.20. The first kappa shape index (κ1) is 14.4. The Labute approximate surface area is 125 Å². The molecule has 0 saturated heterocycles. The van der Waals surface area contributed by atoms with Crippen LogP contribution in [0.3, 0.4) is 0 Å². The van der Waals surface area contributed by atoms with Crippen LogP contribution in [-0.2, 0) is 6.42 Å². The maximum Gasteiger partial charge on any atom is 0.257 e. The van der Waals surface area contributed by atoms with E-state index in [0.29, 0.717) is 21.8 Å². The van der Waals surface area contributed by atoms with Crippen molar-refractivity contribution in [1.29, 1.82) is 0 Å². The minimum Gasteiger partial charge on any atom is -0.384 e. The standard InChI is InChI=1S/C13H14BrN5O/c1-2-3-9-4-8(5-11(15)18-9)13(20)19-12-7-16-10(14)6-17-12/h4-7H,2-3H2,1H3,(H2,15,18)(H,17,19,20). The van der Waals surface area contributed by atoms with Gasteiger partial charge < -0.3 is 11.1 Å². The van der Waals surface area contributed by atoms with Crippen molar-refractivity contribution in [3.05, 3.63) is 40.4 Å². The molecule has 0 radical (unpaired) electrons. The third-order valence-electron chi connectivity index (χ3n) is 2.53. The lowest BCUT2D eigenvalue weighted by Gasteiger charge is -2.07. The second kappa shape index (κ2) is 6.42. The number of pyridine rings is 1. The lowest BCUT2D eigenvalue weighted by atomic mass is 10.1. The molecule has 0 atom stereocenters. The summed E-state index contributed by atoms with van der Waals surface area (Å²) in [5.74, 6) is 0.432. The van der Waals surface area contributed by atoms with E-state index >= 15 is 0 Å². The number of rotatable bonds is 4. The van der Waals surface area contributed by atoms with Crippen LogP contribution in [0, 0.1) is 0 Å². The zero-order chi connectivity index (χ0) is 14.5. The van der Waals surface area contributed by atoms with Gasteiger partial charge in [0.05, 0.1) is 12.4 Å². The van der Waals surface area contributed by atoms with Crippen molar-refractivity contribution < 1.29 is 4.79 Å². The topological polar surface area (TPSA) is 93.8 Å². The summed E-state index contributed by atoms with van der Waals surface area (Å²) in [6, 6.07) is 3.28. The number of carbonyl (C=O) groups excluding carboxylic acids is 1. The first-order chi connectivity index (χ1) is 9.58. The molecule has 0 unspecified atom stereocenters. The summed E-state index contributed by atoms with van der Waals surface area (Å²) in [5.41, 5.74) is 6.98. The van der Waals surface area contributed by atoms with Gasteiger partial charge in [-0.15, -0.1) is 0 Å². The Morgan fingerprint density at radius 1 is 1.35 bits per heavy atom. The first-order valence-corrected chi connectivity index (χ1v) is 6.93. The number of nitrogens with zero attached hydrogens (tertiary/aromatic N) is 3. The minimum atomic E-state index is -0.284. The molecule has 1 amide bonds. The number of nitrogens with two attached hydrogens (primary N) is 1. The predicted molar refractivity (Wildman–Crippen MR) is 80.3 cm³/mol. The summed E-state index contributed by atoms with van der Waals surface area (Å²) in [6.45, 7) is 2.04. The van der Waals surface area contributed by atoms with Gasteiger partial charge in [-0.2, -0.15) is 0 Å². The number of aromatic nitrogens is 3. The Morgan fingerprint density at radius 2 is 2.15 bits per heavy atom. The second-order valence-corrected chi connectivity index (χ2v) is 5.01. The highest BCUT2D eigenvalue weighted by Crippen LogP contribution is 2.12. The molecule has 7 heteroatoms. The fraction of sp³-hybridized carbons (Fsp3) is 0.231. The summed E-state index contributed by atoms with van der Waals surface area (Å²) < 4.78 is 0.605. The Bertz CT molecular complexity index is 615. The maximum atomic E-state index is 12.1. The van der Waals surface area contributed by atoms with Crippen molar-refractivity contribution >= 4 is 33.5 Å². The molecule has 0 saturated carbocycles. The van der Waals surface area contributed by atoms with E-state index in [1.165, 1.54) is 12.4 Å². The number of halogens is 1. The molecule has 3 N–H and O–H groups in total. The number of carbonyl (C=O) groups is 1. The number of anilines is 2. The Balaban J connectivity index is 2.18. The fourth-order valence-electron chi connectivity index (χ4n) is 1.69. The van der Waals surface area contributed by atoms with Crippen LogP contribution in [0.1, 0.15) is 29.4 Å². The summed E-state index contributed by atoms with van der Waals surface area (Å²) in [5, 5.41) is 2.67. The molecule has 20 heavy (non-hydrogen) atoms. The highest BCUT2D eigenvalue weighted by Gasteiger charge is 2.10. The normalized spacial score (nSPS) is 10.3. The van der Waals surface area contributed by atoms with Crippen molar-refractivity contribution in [2.75, 3.05) is 11.1 Å². The third-order valence-corrected chi connectivity index (χ3v) is 2.94. The van der Waals surface area contributed by atoms with Crippen molar-refractivity contribution in [2.45, 2.75) is 19.8 Å². The Hall–Kier alpha value is -2.02. The average molecular weight is 336 g/mol. The zero-order valence-electron chi connectivity index (χ0n) is 10.9. The highest BCUT2D eigenvalue weighted by molar-refractivity contribution is 9.10. The third kappa shape index (κ3) is 3.74. The number of nitrogens with one attached hydrogen (secondary N) is 1. The smallest absolute Gasteiger partial charge is 0.257 e. The van der Waals surface area contributed by atoms with Crippen LogP contribution in [0.5, 0.6) is 0 Å². The molecule has 0 aliphatic heterocycles. The molecule has 0 bridgehead atoms. The molecular formula is C13H14BrN5O. The quantitative estimate of drug-likeness (QED) is 0.894. The molecule has 0 aliphatic rings. The van der Waals surface area contributed by atoms with E-state index in [0.717, 1.165) is 18.5 Å². The molecule has 0 aromatic carbocycles. The SMILES string of the molecule is CCCc1cc(C(=O)Nc2cnc(Br)cn2)cc(N)n1. The minimum absolute atomic E-state index is 0.284. The summed E-state index contributed by atoms with van der Waals surface area (Å²) in [7, 11) is 0. The molecule has 104 valence electrons. The van der Waals surface area contributed by atoms with Crippen molar-refractivity contribution in [1.82, 2.24) is 15.0 Å². The van der Waals surface area contributed by atoms with Gasteiger partial charge in [-0.1, -0.05) is 13.3 Å². The Kier molecular flexibility index (Phi) is 4.62. The molecular weight excluding hydrogens is 322 g/mol. The highest BCUT2D eigenvalue weighted by atomic mass is 79.9. The van der Waals surface area contributed by atoms with Crippen LogP contribution in [-0.4, -0.2) is 20.9 Å². The van der Waals surface area contributed by atoms with Gasteiger partial charge in [0.2, 0.25) is 0 Å². The fourth-order valence-corrected chi connectivity index (χ4v) is 1.90. The van der Waals surface area contributed by atoms with Crippen molar-refractivity contribution in [2.24, 2.45) is 0 Å². The van der Waals surface area contributed by atoms with Crippen LogP contribution in [0.2, 0.25) is 0 Å². The van der Waals surface area contributed by atoms with Crippen molar-refractivity contribution in [3.8, 4) is 0 Å². The molecule has 6 nitrogen and oxygen atoms in total. The van der Waals surface area contributed by atoms with Crippen molar-refractivity contribution in [3.63, 3.8) is 0 Å².